The molecule has 1 heterocycles. The van der Waals surface area contributed by atoms with E-state index in [1.54, 1.807) is 42.5 Å². The SMILES string of the molecule is O=C(NCC(c1ccccc1)N1C(=O)c2ccccc2C1=O)Nc1ccc2c(c1)C(=O)c1ccccc1-2. The highest BCUT2D eigenvalue weighted by molar-refractivity contribution is 6.22. The standard InChI is InChI=1S/C30H21N3O4/c34-27-22-11-5-4-10-20(22)21-15-14-19(16-25(21)27)32-30(37)31-17-26(18-8-2-1-3-9-18)33-28(35)23-12-6-7-13-24(23)29(33)36/h1-16,26H,17H2,(H2,31,32,37). The van der Waals surface area contributed by atoms with E-state index in [-0.39, 0.29) is 12.3 Å². The van der Waals surface area contributed by atoms with Crippen molar-refractivity contribution in [3.63, 3.8) is 0 Å². The molecule has 7 nitrogen and oxygen atoms in total. The summed E-state index contributed by atoms with van der Waals surface area (Å²) in [4.78, 5) is 53.1. The zero-order valence-corrected chi connectivity index (χ0v) is 19.6. The number of benzene rings is 4. The fraction of sp³-hybridized carbons (Fsp3) is 0.0667. The van der Waals surface area contributed by atoms with E-state index in [0.29, 0.717) is 27.9 Å². The van der Waals surface area contributed by atoms with Gasteiger partial charge in [-0.05, 0) is 41.0 Å². The number of hydrogen-bond acceptors (Lipinski definition) is 4. The lowest BCUT2D eigenvalue weighted by Gasteiger charge is -2.27. The van der Waals surface area contributed by atoms with E-state index in [0.717, 1.165) is 16.7 Å². The van der Waals surface area contributed by atoms with Crippen LogP contribution in [0.1, 0.15) is 48.2 Å². The first-order chi connectivity index (χ1) is 18.0. The van der Waals surface area contributed by atoms with Crippen LogP contribution in [0.25, 0.3) is 11.1 Å². The van der Waals surface area contributed by atoms with E-state index in [2.05, 4.69) is 10.6 Å². The van der Waals surface area contributed by atoms with Crippen molar-refractivity contribution in [1.29, 1.82) is 0 Å². The van der Waals surface area contributed by atoms with Crippen LogP contribution in [-0.4, -0.2) is 35.1 Å². The van der Waals surface area contributed by atoms with E-state index < -0.39 is 23.9 Å². The van der Waals surface area contributed by atoms with E-state index in [1.807, 2.05) is 54.6 Å². The topological polar surface area (TPSA) is 95.6 Å². The molecule has 1 atom stereocenters. The lowest BCUT2D eigenvalue weighted by Crippen LogP contribution is -2.42. The molecule has 37 heavy (non-hydrogen) atoms. The highest BCUT2D eigenvalue weighted by atomic mass is 16.2. The zero-order chi connectivity index (χ0) is 25.5. The van der Waals surface area contributed by atoms with Crippen LogP contribution in [0, 0.1) is 0 Å². The van der Waals surface area contributed by atoms with Crippen LogP contribution in [0.3, 0.4) is 0 Å². The van der Waals surface area contributed by atoms with Crippen LogP contribution in [-0.2, 0) is 0 Å². The number of nitrogens with zero attached hydrogens (tertiary/aromatic N) is 1. The van der Waals surface area contributed by atoms with Crippen molar-refractivity contribution in [3.05, 3.63) is 125 Å². The third-order valence-corrected chi connectivity index (χ3v) is 6.76. The lowest BCUT2D eigenvalue weighted by atomic mass is 10.1. The molecule has 1 aliphatic heterocycles. The molecule has 0 radical (unpaired) electrons. The summed E-state index contributed by atoms with van der Waals surface area (Å²) >= 11 is 0. The average molecular weight is 488 g/mol. The third kappa shape index (κ3) is 3.77. The Morgan fingerprint density at radius 3 is 1.89 bits per heavy atom. The van der Waals surface area contributed by atoms with Gasteiger partial charge in [0, 0.05) is 23.4 Å². The maximum atomic E-state index is 13.1. The summed E-state index contributed by atoms with van der Waals surface area (Å²) in [6, 6.07) is 27.2. The third-order valence-electron chi connectivity index (χ3n) is 6.76. The summed E-state index contributed by atoms with van der Waals surface area (Å²) < 4.78 is 0. The van der Waals surface area contributed by atoms with Crippen LogP contribution in [0.15, 0.2) is 97.1 Å². The minimum absolute atomic E-state index is 0.0105. The number of carbonyl (C=O) groups is 4. The fourth-order valence-corrected chi connectivity index (χ4v) is 4.99. The molecule has 180 valence electrons. The Labute approximate surface area is 212 Å². The normalized spacial score (nSPS) is 14.2. The first-order valence-corrected chi connectivity index (χ1v) is 11.9. The Kier molecular flexibility index (Phi) is 5.38. The Morgan fingerprint density at radius 2 is 1.22 bits per heavy atom. The predicted octanol–water partition coefficient (Wildman–Crippen LogP) is 5.06. The summed E-state index contributed by atoms with van der Waals surface area (Å²) in [6.07, 6.45) is 0. The van der Waals surface area contributed by atoms with Crippen molar-refractivity contribution in [1.82, 2.24) is 10.2 Å². The molecule has 0 fully saturated rings. The van der Waals surface area contributed by atoms with Crippen LogP contribution < -0.4 is 10.6 Å². The monoisotopic (exact) mass is 487 g/mol. The molecular formula is C30H21N3O4. The smallest absolute Gasteiger partial charge is 0.319 e. The van der Waals surface area contributed by atoms with E-state index in [4.69, 9.17) is 0 Å². The highest BCUT2D eigenvalue weighted by Gasteiger charge is 2.40. The second kappa shape index (κ2) is 8.87. The largest absolute Gasteiger partial charge is 0.335 e. The van der Waals surface area contributed by atoms with Gasteiger partial charge in [-0.1, -0.05) is 72.8 Å². The number of rotatable bonds is 5. The van der Waals surface area contributed by atoms with Gasteiger partial charge in [0.15, 0.2) is 5.78 Å². The number of imide groups is 1. The number of hydrogen-bond donors (Lipinski definition) is 2. The number of carbonyl (C=O) groups excluding carboxylic acids is 4. The van der Waals surface area contributed by atoms with E-state index in [9.17, 15) is 19.2 Å². The minimum atomic E-state index is -0.699. The molecule has 0 saturated carbocycles. The second-order valence-electron chi connectivity index (χ2n) is 8.92. The van der Waals surface area contributed by atoms with Gasteiger partial charge in [0.2, 0.25) is 0 Å². The van der Waals surface area contributed by atoms with Crippen molar-refractivity contribution in [2.75, 3.05) is 11.9 Å². The number of anilines is 1. The lowest BCUT2D eigenvalue weighted by molar-refractivity contribution is 0.0581. The molecule has 1 unspecified atom stereocenters. The number of ketones is 1. The maximum Gasteiger partial charge on any atom is 0.319 e. The van der Waals surface area contributed by atoms with Gasteiger partial charge in [0.25, 0.3) is 11.8 Å². The van der Waals surface area contributed by atoms with Crippen molar-refractivity contribution in [2.45, 2.75) is 6.04 Å². The minimum Gasteiger partial charge on any atom is -0.335 e. The second-order valence-corrected chi connectivity index (χ2v) is 8.92. The Morgan fingerprint density at radius 1 is 0.649 bits per heavy atom. The molecule has 4 amide bonds. The molecule has 6 rings (SSSR count). The molecule has 0 bridgehead atoms. The van der Waals surface area contributed by atoms with Crippen molar-refractivity contribution < 1.29 is 19.2 Å². The van der Waals surface area contributed by atoms with Crippen LogP contribution >= 0.6 is 0 Å². The maximum absolute atomic E-state index is 13.1. The highest BCUT2D eigenvalue weighted by Crippen LogP contribution is 2.37. The molecule has 0 aromatic heterocycles. The van der Waals surface area contributed by atoms with Gasteiger partial charge in [-0.2, -0.15) is 0 Å². The van der Waals surface area contributed by atoms with Gasteiger partial charge in [-0.25, -0.2) is 4.79 Å². The molecule has 7 heteroatoms. The number of fused-ring (bicyclic) bond motifs is 4. The van der Waals surface area contributed by atoms with Crippen LogP contribution in [0.4, 0.5) is 10.5 Å². The van der Waals surface area contributed by atoms with Crippen molar-refractivity contribution >= 4 is 29.3 Å². The van der Waals surface area contributed by atoms with Gasteiger partial charge >= 0.3 is 6.03 Å². The average Bonchev–Trinajstić information content (AvgIpc) is 3.35. The Bertz CT molecular complexity index is 1560. The summed E-state index contributed by atoms with van der Waals surface area (Å²) in [5.74, 6) is -0.869. The summed E-state index contributed by atoms with van der Waals surface area (Å²) in [5, 5.41) is 5.55. The predicted molar refractivity (Wildman–Crippen MR) is 138 cm³/mol. The van der Waals surface area contributed by atoms with E-state index in [1.165, 1.54) is 4.90 Å². The van der Waals surface area contributed by atoms with Gasteiger partial charge in [0.1, 0.15) is 0 Å². The number of amides is 4. The van der Waals surface area contributed by atoms with Gasteiger partial charge in [-0.3, -0.25) is 19.3 Å². The van der Waals surface area contributed by atoms with Crippen molar-refractivity contribution in [3.8, 4) is 11.1 Å². The Hall–Kier alpha value is -5.04. The number of nitrogens with one attached hydrogen (secondary N) is 2. The van der Waals surface area contributed by atoms with Crippen molar-refractivity contribution in [2.24, 2.45) is 0 Å². The molecule has 1 aliphatic carbocycles. The summed E-state index contributed by atoms with van der Waals surface area (Å²) in [7, 11) is 0. The molecular weight excluding hydrogens is 466 g/mol. The van der Waals surface area contributed by atoms with Gasteiger partial charge in [-0.15, -0.1) is 0 Å². The Balaban J connectivity index is 1.21. The zero-order valence-electron chi connectivity index (χ0n) is 19.6. The molecule has 0 spiro atoms. The van der Waals surface area contributed by atoms with Gasteiger partial charge in [0.05, 0.1) is 17.2 Å². The summed E-state index contributed by atoms with van der Waals surface area (Å²) in [5.41, 5.74) is 4.78. The molecule has 2 aliphatic rings. The van der Waals surface area contributed by atoms with Crippen LogP contribution in [0.2, 0.25) is 0 Å². The quantitative estimate of drug-likeness (QED) is 0.339. The first kappa shape index (κ1) is 22.4. The molecule has 0 saturated heterocycles. The van der Waals surface area contributed by atoms with E-state index >= 15 is 0 Å². The van der Waals surface area contributed by atoms with Gasteiger partial charge < -0.3 is 10.6 Å². The fourth-order valence-electron chi connectivity index (χ4n) is 4.99. The first-order valence-electron chi connectivity index (χ1n) is 11.9. The van der Waals surface area contributed by atoms with Crippen LogP contribution in [0.5, 0.6) is 0 Å². The molecule has 4 aromatic carbocycles. The summed E-state index contributed by atoms with van der Waals surface area (Å²) in [6.45, 7) is 0.0105. The number of urea groups is 1. The molecule has 4 aromatic rings. The molecule has 2 N–H and O–H groups in total.